The van der Waals surface area contributed by atoms with Crippen LogP contribution in [0.15, 0.2) is 0 Å². The van der Waals surface area contributed by atoms with Gasteiger partial charge in [0.15, 0.2) is 0 Å². The van der Waals surface area contributed by atoms with Gasteiger partial charge in [-0.25, -0.2) is 0 Å². The minimum absolute atomic E-state index is 0.224. The van der Waals surface area contributed by atoms with E-state index < -0.39 is 5.97 Å². The molecular weight excluding hydrogens is 254 g/mol. The zero-order valence-electron chi connectivity index (χ0n) is 12.5. The summed E-state index contributed by atoms with van der Waals surface area (Å²) in [5.41, 5.74) is 0. The van der Waals surface area contributed by atoms with Crippen LogP contribution in [0.4, 0.5) is 0 Å². The monoisotopic (exact) mass is 283 g/mol. The zero-order valence-corrected chi connectivity index (χ0v) is 12.5. The van der Waals surface area contributed by atoms with Crippen LogP contribution in [0.3, 0.4) is 0 Å². The molecule has 0 unspecified atom stereocenters. The Balaban J connectivity index is 2.02. The summed E-state index contributed by atoms with van der Waals surface area (Å²) < 4.78 is 0. The fraction of sp³-hybridized carbons (Fsp3) is 0.875. The van der Waals surface area contributed by atoms with Gasteiger partial charge in [-0.15, -0.1) is 0 Å². The molecule has 0 aromatic rings. The van der Waals surface area contributed by atoms with Gasteiger partial charge in [-0.3, -0.25) is 9.59 Å². The van der Waals surface area contributed by atoms with E-state index in [0.717, 1.165) is 45.1 Å². The Morgan fingerprint density at radius 1 is 0.900 bits per heavy atom. The van der Waals surface area contributed by atoms with Gasteiger partial charge in [0, 0.05) is 18.9 Å². The first-order valence-corrected chi connectivity index (χ1v) is 8.19. The average molecular weight is 283 g/mol. The summed E-state index contributed by atoms with van der Waals surface area (Å²) in [5, 5.41) is 11.6. The van der Waals surface area contributed by atoms with Crippen molar-refractivity contribution >= 4 is 11.9 Å². The van der Waals surface area contributed by atoms with Crippen LogP contribution in [0.2, 0.25) is 0 Å². The van der Waals surface area contributed by atoms with Gasteiger partial charge >= 0.3 is 5.97 Å². The van der Waals surface area contributed by atoms with E-state index in [-0.39, 0.29) is 18.2 Å². The quantitative estimate of drug-likeness (QED) is 0.670. The number of carbonyl (C=O) groups excluding carboxylic acids is 1. The summed E-state index contributed by atoms with van der Waals surface area (Å²) in [5.74, 6) is -0.262. The molecule has 4 heteroatoms. The largest absolute Gasteiger partial charge is 0.481 e. The molecule has 0 radical (unpaired) electrons. The summed E-state index contributed by atoms with van der Waals surface area (Å²) in [6.45, 7) is 0.738. The molecule has 1 aliphatic rings. The third kappa shape index (κ3) is 8.18. The van der Waals surface area contributed by atoms with Crippen molar-refractivity contribution < 1.29 is 14.7 Å². The van der Waals surface area contributed by atoms with Crippen LogP contribution in [-0.4, -0.2) is 23.5 Å². The number of hydrogen-bond acceptors (Lipinski definition) is 2. The van der Waals surface area contributed by atoms with Crippen molar-refractivity contribution in [3.8, 4) is 0 Å². The highest BCUT2D eigenvalue weighted by Crippen LogP contribution is 2.22. The molecule has 1 saturated carbocycles. The third-order valence-electron chi connectivity index (χ3n) is 4.09. The van der Waals surface area contributed by atoms with E-state index in [2.05, 4.69) is 5.32 Å². The number of nitrogens with one attached hydrogen (secondary N) is 1. The minimum Gasteiger partial charge on any atom is -0.481 e. The van der Waals surface area contributed by atoms with Gasteiger partial charge < -0.3 is 10.4 Å². The molecule has 0 bridgehead atoms. The molecular formula is C16H29NO3. The van der Waals surface area contributed by atoms with Crippen molar-refractivity contribution in [2.75, 3.05) is 6.54 Å². The summed E-state index contributed by atoms with van der Waals surface area (Å²) >= 11 is 0. The smallest absolute Gasteiger partial charge is 0.303 e. The number of carbonyl (C=O) groups is 2. The molecule has 0 aromatic carbocycles. The molecule has 0 aliphatic heterocycles. The molecule has 0 aromatic heterocycles. The van der Waals surface area contributed by atoms with Gasteiger partial charge in [0.2, 0.25) is 5.91 Å². The molecule has 1 rings (SSSR count). The topological polar surface area (TPSA) is 66.4 Å². The molecule has 116 valence electrons. The Morgan fingerprint density at radius 3 is 2.15 bits per heavy atom. The van der Waals surface area contributed by atoms with Gasteiger partial charge in [-0.2, -0.15) is 0 Å². The van der Waals surface area contributed by atoms with Crippen LogP contribution in [0.25, 0.3) is 0 Å². The molecule has 1 aliphatic carbocycles. The standard InChI is InChI=1S/C16H29NO3/c18-15(19)12-8-4-5-9-13-17-16(20)14-10-6-2-1-3-7-11-14/h14H,1-13H2,(H,17,20)(H,18,19). The summed E-state index contributed by atoms with van der Waals surface area (Å²) in [6, 6.07) is 0. The lowest BCUT2D eigenvalue weighted by molar-refractivity contribution is -0.137. The number of aliphatic carboxylic acids is 1. The normalized spacial score (nSPS) is 17.2. The number of rotatable bonds is 8. The van der Waals surface area contributed by atoms with E-state index in [1.165, 1.54) is 32.1 Å². The van der Waals surface area contributed by atoms with E-state index in [9.17, 15) is 9.59 Å². The van der Waals surface area contributed by atoms with Crippen molar-refractivity contribution in [1.29, 1.82) is 0 Å². The van der Waals surface area contributed by atoms with Crippen LogP contribution >= 0.6 is 0 Å². The van der Waals surface area contributed by atoms with E-state index >= 15 is 0 Å². The van der Waals surface area contributed by atoms with Crippen molar-refractivity contribution in [3.05, 3.63) is 0 Å². The molecule has 0 atom stereocenters. The number of carboxylic acid groups (broad SMARTS) is 1. The Bertz CT molecular complexity index is 283. The second kappa shape index (κ2) is 10.7. The van der Waals surface area contributed by atoms with E-state index in [4.69, 9.17) is 5.11 Å². The number of unbranched alkanes of at least 4 members (excludes halogenated alkanes) is 3. The van der Waals surface area contributed by atoms with Crippen LogP contribution in [0.1, 0.15) is 77.0 Å². The predicted octanol–water partition coefficient (Wildman–Crippen LogP) is 3.50. The van der Waals surface area contributed by atoms with Crippen molar-refractivity contribution in [3.63, 3.8) is 0 Å². The van der Waals surface area contributed by atoms with Crippen LogP contribution in [0.5, 0.6) is 0 Å². The predicted molar refractivity (Wildman–Crippen MR) is 79.5 cm³/mol. The van der Waals surface area contributed by atoms with Gasteiger partial charge in [0.25, 0.3) is 0 Å². The first kappa shape index (κ1) is 17.0. The average Bonchev–Trinajstić information content (AvgIpc) is 2.36. The van der Waals surface area contributed by atoms with E-state index in [1.54, 1.807) is 0 Å². The van der Waals surface area contributed by atoms with Crippen molar-refractivity contribution in [1.82, 2.24) is 5.32 Å². The fourth-order valence-electron chi connectivity index (χ4n) is 2.83. The SMILES string of the molecule is O=C(O)CCCCCCNC(=O)C1CCCCCCC1. The Hall–Kier alpha value is -1.06. The first-order chi connectivity index (χ1) is 9.70. The first-order valence-electron chi connectivity index (χ1n) is 8.19. The Labute approximate surface area is 122 Å². The second-order valence-corrected chi connectivity index (χ2v) is 5.89. The molecule has 1 amide bonds. The van der Waals surface area contributed by atoms with Gasteiger partial charge in [0.1, 0.15) is 0 Å². The second-order valence-electron chi connectivity index (χ2n) is 5.89. The Morgan fingerprint density at radius 2 is 1.50 bits per heavy atom. The van der Waals surface area contributed by atoms with Crippen LogP contribution in [-0.2, 0) is 9.59 Å². The van der Waals surface area contributed by atoms with Gasteiger partial charge in [-0.1, -0.05) is 44.9 Å². The molecule has 2 N–H and O–H groups in total. The number of carboxylic acids is 1. The fourth-order valence-corrected chi connectivity index (χ4v) is 2.83. The van der Waals surface area contributed by atoms with Gasteiger partial charge in [0.05, 0.1) is 0 Å². The zero-order chi connectivity index (χ0) is 14.6. The molecule has 0 spiro atoms. The highest BCUT2D eigenvalue weighted by molar-refractivity contribution is 5.78. The van der Waals surface area contributed by atoms with Crippen molar-refractivity contribution in [2.45, 2.75) is 77.0 Å². The summed E-state index contributed by atoms with van der Waals surface area (Å²) in [7, 11) is 0. The van der Waals surface area contributed by atoms with Crippen LogP contribution < -0.4 is 5.32 Å². The molecule has 20 heavy (non-hydrogen) atoms. The maximum atomic E-state index is 12.1. The minimum atomic E-state index is -0.720. The highest BCUT2D eigenvalue weighted by atomic mass is 16.4. The van der Waals surface area contributed by atoms with E-state index in [0.29, 0.717) is 0 Å². The molecule has 0 saturated heterocycles. The summed E-state index contributed by atoms with van der Waals surface area (Å²) in [6.07, 6.45) is 12.2. The highest BCUT2D eigenvalue weighted by Gasteiger charge is 2.18. The maximum absolute atomic E-state index is 12.1. The molecule has 4 nitrogen and oxygen atoms in total. The lowest BCUT2D eigenvalue weighted by atomic mass is 9.90. The van der Waals surface area contributed by atoms with Gasteiger partial charge in [-0.05, 0) is 25.7 Å². The summed E-state index contributed by atoms with van der Waals surface area (Å²) in [4.78, 5) is 22.4. The Kier molecular flexibility index (Phi) is 9.09. The number of hydrogen-bond donors (Lipinski definition) is 2. The molecule has 1 fully saturated rings. The third-order valence-corrected chi connectivity index (χ3v) is 4.09. The van der Waals surface area contributed by atoms with E-state index in [1.807, 2.05) is 0 Å². The lowest BCUT2D eigenvalue weighted by Gasteiger charge is -2.19. The molecule has 0 heterocycles. The van der Waals surface area contributed by atoms with Crippen LogP contribution in [0, 0.1) is 5.92 Å². The lowest BCUT2D eigenvalue weighted by Crippen LogP contribution is -2.31. The number of amides is 1. The van der Waals surface area contributed by atoms with Crippen molar-refractivity contribution in [2.24, 2.45) is 5.92 Å². The maximum Gasteiger partial charge on any atom is 0.303 e.